The minimum atomic E-state index is -0.536. The van der Waals surface area contributed by atoms with Gasteiger partial charge in [-0.2, -0.15) is 0 Å². The third-order valence-electron chi connectivity index (χ3n) is 4.03. The number of nitrogens with two attached hydrogens (primary N) is 1. The first-order chi connectivity index (χ1) is 12.6. The summed E-state index contributed by atoms with van der Waals surface area (Å²) in [4.78, 5) is 24.1. The van der Waals surface area contributed by atoms with Crippen LogP contribution in [-0.4, -0.2) is 11.9 Å². The van der Waals surface area contributed by atoms with Crippen molar-refractivity contribution in [3.8, 4) is 0 Å². The van der Waals surface area contributed by atoms with Gasteiger partial charge in [-0.05, 0) is 22.8 Å². The average Bonchev–Trinajstić information content (AvgIpc) is 2.67. The molecule has 2 N–H and O–H groups in total. The third-order valence-corrected chi connectivity index (χ3v) is 4.03. The lowest BCUT2D eigenvalue weighted by atomic mass is 10.0. The predicted octanol–water partition coefficient (Wildman–Crippen LogP) is 3.66. The molecular formula is C22H19NO3. The maximum absolute atomic E-state index is 12.8. The van der Waals surface area contributed by atoms with Gasteiger partial charge in [0, 0.05) is 0 Å². The van der Waals surface area contributed by atoms with Crippen LogP contribution in [0.15, 0.2) is 84.9 Å². The minimum absolute atomic E-state index is 0.00733. The Balaban J connectivity index is 1.93. The number of primary amides is 1. The smallest absolute Gasteiger partial charge is 0.339 e. The molecule has 4 nitrogen and oxygen atoms in total. The van der Waals surface area contributed by atoms with Gasteiger partial charge in [0.1, 0.15) is 0 Å². The lowest BCUT2D eigenvalue weighted by molar-refractivity contribution is -0.117. The summed E-state index contributed by atoms with van der Waals surface area (Å²) < 4.78 is 5.84. The van der Waals surface area contributed by atoms with E-state index in [-0.39, 0.29) is 6.42 Å². The molecule has 3 rings (SSSR count). The van der Waals surface area contributed by atoms with Gasteiger partial charge in [-0.1, -0.05) is 78.9 Å². The molecule has 130 valence electrons. The Morgan fingerprint density at radius 2 is 1.27 bits per heavy atom. The van der Waals surface area contributed by atoms with E-state index < -0.39 is 18.0 Å². The van der Waals surface area contributed by atoms with E-state index in [0.29, 0.717) is 11.1 Å². The van der Waals surface area contributed by atoms with Crippen LogP contribution in [0.3, 0.4) is 0 Å². The van der Waals surface area contributed by atoms with Crippen LogP contribution in [0, 0.1) is 0 Å². The zero-order valence-corrected chi connectivity index (χ0v) is 14.2. The Hall–Kier alpha value is -3.40. The normalized spacial score (nSPS) is 10.5. The van der Waals surface area contributed by atoms with Crippen LogP contribution < -0.4 is 5.73 Å². The zero-order valence-electron chi connectivity index (χ0n) is 14.2. The Morgan fingerprint density at radius 3 is 1.81 bits per heavy atom. The molecule has 0 atom stereocenters. The summed E-state index contributed by atoms with van der Waals surface area (Å²) >= 11 is 0. The first kappa shape index (κ1) is 17.4. The molecule has 26 heavy (non-hydrogen) atoms. The highest BCUT2D eigenvalue weighted by atomic mass is 16.5. The van der Waals surface area contributed by atoms with E-state index >= 15 is 0 Å². The van der Waals surface area contributed by atoms with Gasteiger partial charge in [0.2, 0.25) is 5.91 Å². The summed E-state index contributed by atoms with van der Waals surface area (Å²) in [6, 6.07) is 26.0. The van der Waals surface area contributed by atoms with Gasteiger partial charge in [0.25, 0.3) is 0 Å². The number of carbonyl (C=O) groups excluding carboxylic acids is 2. The van der Waals surface area contributed by atoms with E-state index in [0.717, 1.165) is 11.1 Å². The Labute approximate surface area is 152 Å². The second-order valence-electron chi connectivity index (χ2n) is 5.91. The van der Waals surface area contributed by atoms with Crippen molar-refractivity contribution >= 4 is 11.9 Å². The maximum Gasteiger partial charge on any atom is 0.339 e. The van der Waals surface area contributed by atoms with E-state index in [2.05, 4.69) is 0 Å². The van der Waals surface area contributed by atoms with Gasteiger partial charge in [-0.15, -0.1) is 0 Å². The van der Waals surface area contributed by atoms with Crippen LogP contribution in [0.5, 0.6) is 0 Å². The van der Waals surface area contributed by atoms with E-state index in [1.807, 2.05) is 60.7 Å². The molecule has 3 aromatic rings. The Morgan fingerprint density at radius 1 is 0.769 bits per heavy atom. The van der Waals surface area contributed by atoms with Gasteiger partial charge < -0.3 is 10.5 Å². The second-order valence-corrected chi connectivity index (χ2v) is 5.91. The number of rotatable bonds is 6. The number of amides is 1. The number of esters is 1. The topological polar surface area (TPSA) is 69.4 Å². The molecule has 0 heterocycles. The number of hydrogen-bond donors (Lipinski definition) is 1. The van der Waals surface area contributed by atoms with Crippen LogP contribution in [0.2, 0.25) is 0 Å². The van der Waals surface area contributed by atoms with Gasteiger partial charge >= 0.3 is 5.97 Å². The summed E-state index contributed by atoms with van der Waals surface area (Å²) in [7, 11) is 0. The molecule has 0 saturated heterocycles. The standard InChI is InChI=1S/C22H19NO3/c23-20(24)15-18-13-7-8-14-19(18)22(25)26-21(16-9-3-1-4-10-16)17-11-5-2-6-12-17/h1-14,21H,15H2,(H2,23,24). The van der Waals surface area contributed by atoms with Gasteiger partial charge in [-0.25, -0.2) is 4.79 Å². The van der Waals surface area contributed by atoms with Crippen molar-refractivity contribution in [2.24, 2.45) is 5.73 Å². The van der Waals surface area contributed by atoms with Crippen molar-refractivity contribution in [1.29, 1.82) is 0 Å². The van der Waals surface area contributed by atoms with E-state index in [1.165, 1.54) is 0 Å². The fraction of sp³-hybridized carbons (Fsp3) is 0.0909. The summed E-state index contributed by atoms with van der Waals surface area (Å²) in [6.45, 7) is 0. The highest BCUT2D eigenvalue weighted by molar-refractivity contribution is 5.93. The molecule has 3 aromatic carbocycles. The molecular weight excluding hydrogens is 326 g/mol. The van der Waals surface area contributed by atoms with Crippen molar-refractivity contribution in [3.05, 3.63) is 107 Å². The molecule has 4 heteroatoms. The van der Waals surface area contributed by atoms with E-state index in [4.69, 9.17) is 10.5 Å². The van der Waals surface area contributed by atoms with Crippen molar-refractivity contribution in [2.75, 3.05) is 0 Å². The third kappa shape index (κ3) is 4.16. The maximum atomic E-state index is 12.8. The first-order valence-electron chi connectivity index (χ1n) is 8.32. The molecule has 0 unspecified atom stereocenters. The van der Waals surface area contributed by atoms with Crippen LogP contribution in [0.1, 0.15) is 33.2 Å². The molecule has 0 fully saturated rings. The highest BCUT2D eigenvalue weighted by Gasteiger charge is 2.21. The van der Waals surface area contributed by atoms with E-state index in [9.17, 15) is 9.59 Å². The van der Waals surface area contributed by atoms with Crippen molar-refractivity contribution in [1.82, 2.24) is 0 Å². The Kier molecular flexibility index (Phi) is 5.44. The Bertz CT molecular complexity index is 852. The van der Waals surface area contributed by atoms with Crippen molar-refractivity contribution < 1.29 is 14.3 Å². The van der Waals surface area contributed by atoms with Gasteiger partial charge in [-0.3, -0.25) is 4.79 Å². The highest BCUT2D eigenvalue weighted by Crippen LogP contribution is 2.27. The quantitative estimate of drug-likeness (QED) is 0.693. The number of carbonyl (C=O) groups is 2. The fourth-order valence-corrected chi connectivity index (χ4v) is 2.82. The molecule has 0 radical (unpaired) electrons. The lowest BCUT2D eigenvalue weighted by Gasteiger charge is -2.19. The monoisotopic (exact) mass is 345 g/mol. The molecule has 0 aliphatic heterocycles. The van der Waals surface area contributed by atoms with Gasteiger partial charge in [0.05, 0.1) is 12.0 Å². The van der Waals surface area contributed by atoms with Crippen molar-refractivity contribution in [2.45, 2.75) is 12.5 Å². The second kappa shape index (κ2) is 8.12. The van der Waals surface area contributed by atoms with Crippen LogP contribution in [0.25, 0.3) is 0 Å². The summed E-state index contributed by atoms with van der Waals surface area (Å²) in [5, 5.41) is 0. The average molecular weight is 345 g/mol. The lowest BCUT2D eigenvalue weighted by Crippen LogP contribution is -2.18. The molecule has 0 saturated carbocycles. The number of ether oxygens (including phenoxy) is 1. The van der Waals surface area contributed by atoms with Crippen molar-refractivity contribution in [3.63, 3.8) is 0 Å². The minimum Gasteiger partial charge on any atom is -0.449 e. The molecule has 0 spiro atoms. The molecule has 0 aliphatic rings. The summed E-state index contributed by atoms with van der Waals surface area (Å²) in [6.07, 6.45) is -0.543. The molecule has 1 amide bonds. The molecule has 0 aromatic heterocycles. The first-order valence-corrected chi connectivity index (χ1v) is 8.32. The fourth-order valence-electron chi connectivity index (χ4n) is 2.82. The zero-order chi connectivity index (χ0) is 18.4. The van der Waals surface area contributed by atoms with Gasteiger partial charge in [0.15, 0.2) is 6.10 Å². The number of hydrogen-bond acceptors (Lipinski definition) is 3. The predicted molar refractivity (Wildman–Crippen MR) is 99.5 cm³/mol. The molecule has 0 aliphatic carbocycles. The van der Waals surface area contributed by atoms with Crippen LogP contribution in [-0.2, 0) is 16.0 Å². The molecule has 0 bridgehead atoms. The summed E-state index contributed by atoms with van der Waals surface area (Å²) in [5.41, 5.74) is 7.95. The summed E-state index contributed by atoms with van der Waals surface area (Å²) in [5.74, 6) is -0.979. The SMILES string of the molecule is NC(=O)Cc1ccccc1C(=O)OC(c1ccccc1)c1ccccc1. The van der Waals surface area contributed by atoms with Crippen LogP contribution in [0.4, 0.5) is 0 Å². The van der Waals surface area contributed by atoms with E-state index in [1.54, 1.807) is 24.3 Å². The van der Waals surface area contributed by atoms with Crippen LogP contribution >= 0.6 is 0 Å². The largest absolute Gasteiger partial charge is 0.449 e. The number of benzene rings is 3.